The molecule has 2 amide bonds. The van der Waals surface area contributed by atoms with Gasteiger partial charge in [0.1, 0.15) is 12.6 Å². The number of amides is 2. The van der Waals surface area contributed by atoms with E-state index in [1.807, 2.05) is 0 Å². The number of rotatable bonds is 10. The number of anilines is 1. The molecular formula is C29H29Cl4N3O4S. The Morgan fingerprint density at radius 1 is 0.902 bits per heavy atom. The average molecular weight is 657 g/mol. The second-order valence-electron chi connectivity index (χ2n) is 9.88. The first kappa shape index (κ1) is 31.4. The lowest BCUT2D eigenvalue weighted by atomic mass is 10.1. The summed E-state index contributed by atoms with van der Waals surface area (Å²) in [7, 11) is -4.24. The van der Waals surface area contributed by atoms with Gasteiger partial charge in [-0.2, -0.15) is 0 Å². The fourth-order valence-electron chi connectivity index (χ4n) is 4.70. The third-order valence-electron chi connectivity index (χ3n) is 6.98. The summed E-state index contributed by atoms with van der Waals surface area (Å²) in [6.07, 6.45) is 3.81. The summed E-state index contributed by atoms with van der Waals surface area (Å²) in [6, 6.07) is 15.9. The molecule has 218 valence electrons. The topological polar surface area (TPSA) is 86.8 Å². The maximum Gasteiger partial charge on any atom is 0.264 e. The highest BCUT2D eigenvalue weighted by Gasteiger charge is 2.33. The van der Waals surface area contributed by atoms with Crippen molar-refractivity contribution in [2.24, 2.45) is 0 Å². The van der Waals surface area contributed by atoms with Crippen LogP contribution in [0.5, 0.6) is 0 Å². The molecule has 4 rings (SSSR count). The molecule has 0 radical (unpaired) electrons. The molecule has 1 atom stereocenters. The Morgan fingerprint density at radius 2 is 1.59 bits per heavy atom. The van der Waals surface area contributed by atoms with Crippen molar-refractivity contribution in [3.05, 3.63) is 92.4 Å². The summed E-state index contributed by atoms with van der Waals surface area (Å²) >= 11 is 24.5. The molecule has 1 fully saturated rings. The van der Waals surface area contributed by atoms with Crippen LogP contribution in [-0.2, 0) is 26.2 Å². The number of hydrogen-bond donors (Lipinski definition) is 1. The first-order chi connectivity index (χ1) is 19.5. The van der Waals surface area contributed by atoms with Crippen LogP contribution in [0.4, 0.5) is 5.69 Å². The zero-order valence-electron chi connectivity index (χ0n) is 22.2. The molecule has 41 heavy (non-hydrogen) atoms. The second kappa shape index (κ2) is 13.7. The monoisotopic (exact) mass is 655 g/mol. The summed E-state index contributed by atoms with van der Waals surface area (Å²) in [4.78, 5) is 28.6. The van der Waals surface area contributed by atoms with Crippen LogP contribution in [0.25, 0.3) is 0 Å². The van der Waals surface area contributed by atoms with Gasteiger partial charge in [-0.1, -0.05) is 71.4 Å². The molecule has 1 aliphatic rings. The minimum Gasteiger partial charge on any atom is -0.352 e. The third-order valence-corrected chi connectivity index (χ3v) is 10.00. The van der Waals surface area contributed by atoms with Gasteiger partial charge >= 0.3 is 0 Å². The van der Waals surface area contributed by atoms with Gasteiger partial charge in [-0.25, -0.2) is 8.42 Å². The van der Waals surface area contributed by atoms with Crippen molar-refractivity contribution in [3.63, 3.8) is 0 Å². The summed E-state index contributed by atoms with van der Waals surface area (Å²) in [5.74, 6) is -0.914. The van der Waals surface area contributed by atoms with Crippen molar-refractivity contribution in [1.29, 1.82) is 0 Å². The fraction of sp³-hybridized carbons (Fsp3) is 0.310. The van der Waals surface area contributed by atoms with Crippen molar-refractivity contribution in [2.75, 3.05) is 10.8 Å². The van der Waals surface area contributed by atoms with Gasteiger partial charge in [-0.05, 0) is 79.9 Å². The standard InChI is InChI=1S/C29H29Cl4N3O4S/c1-19(29(38)34-23-6-2-3-7-23)35(17-20-9-14-26(32)27(33)15-20)28(37)18-36(24-8-4-5-22(31)16-24)41(39,40)25-12-10-21(30)11-13-25/h4-5,8-16,19,23H,2-3,6-7,17-18H2,1H3,(H,34,38)/t19-/m1/s1. The Kier molecular flexibility index (Phi) is 10.5. The first-order valence-corrected chi connectivity index (χ1v) is 16.0. The van der Waals surface area contributed by atoms with E-state index >= 15 is 0 Å². The molecule has 0 aliphatic heterocycles. The Morgan fingerprint density at radius 3 is 2.22 bits per heavy atom. The third kappa shape index (κ3) is 7.87. The highest BCUT2D eigenvalue weighted by atomic mass is 35.5. The molecule has 3 aromatic rings. The molecule has 12 heteroatoms. The van der Waals surface area contributed by atoms with E-state index in [4.69, 9.17) is 46.4 Å². The van der Waals surface area contributed by atoms with Gasteiger partial charge in [0, 0.05) is 22.6 Å². The maximum absolute atomic E-state index is 14.0. The Bertz CT molecular complexity index is 1510. The van der Waals surface area contributed by atoms with Gasteiger partial charge in [0.15, 0.2) is 0 Å². The number of sulfonamides is 1. The van der Waals surface area contributed by atoms with Crippen LogP contribution >= 0.6 is 46.4 Å². The molecule has 0 spiro atoms. The molecule has 0 aromatic heterocycles. The Labute approximate surface area is 260 Å². The number of hydrogen-bond acceptors (Lipinski definition) is 4. The molecule has 1 N–H and O–H groups in total. The predicted octanol–water partition coefficient (Wildman–Crippen LogP) is 6.97. The first-order valence-electron chi connectivity index (χ1n) is 13.0. The number of benzene rings is 3. The van der Waals surface area contributed by atoms with E-state index in [1.165, 1.54) is 35.2 Å². The van der Waals surface area contributed by atoms with Crippen LogP contribution in [-0.4, -0.2) is 43.8 Å². The van der Waals surface area contributed by atoms with Crippen molar-refractivity contribution >= 4 is 73.9 Å². The highest BCUT2D eigenvalue weighted by molar-refractivity contribution is 7.92. The van der Waals surface area contributed by atoms with Gasteiger partial charge in [-0.15, -0.1) is 0 Å². The van der Waals surface area contributed by atoms with E-state index in [-0.39, 0.29) is 29.1 Å². The number of nitrogens with one attached hydrogen (secondary N) is 1. The van der Waals surface area contributed by atoms with E-state index in [9.17, 15) is 18.0 Å². The summed E-state index contributed by atoms with van der Waals surface area (Å²) in [5.41, 5.74) is 0.821. The normalized spacial score (nSPS) is 14.5. The lowest BCUT2D eigenvalue weighted by molar-refractivity contribution is -0.139. The van der Waals surface area contributed by atoms with E-state index < -0.39 is 28.5 Å². The minimum atomic E-state index is -4.24. The van der Waals surface area contributed by atoms with E-state index in [2.05, 4.69) is 5.32 Å². The molecule has 3 aromatic carbocycles. The summed E-state index contributed by atoms with van der Waals surface area (Å²) < 4.78 is 28.7. The van der Waals surface area contributed by atoms with Crippen molar-refractivity contribution in [3.8, 4) is 0 Å². The number of carbonyl (C=O) groups excluding carboxylic acids is 2. The Hall–Kier alpha value is -2.49. The molecule has 1 saturated carbocycles. The smallest absolute Gasteiger partial charge is 0.264 e. The van der Waals surface area contributed by atoms with Crippen molar-refractivity contribution < 1.29 is 18.0 Å². The van der Waals surface area contributed by atoms with Gasteiger partial charge in [0.05, 0.1) is 20.6 Å². The van der Waals surface area contributed by atoms with Gasteiger partial charge < -0.3 is 10.2 Å². The average Bonchev–Trinajstić information content (AvgIpc) is 3.45. The van der Waals surface area contributed by atoms with Gasteiger partial charge in [0.2, 0.25) is 11.8 Å². The molecule has 0 unspecified atom stereocenters. The van der Waals surface area contributed by atoms with Crippen LogP contribution in [0.3, 0.4) is 0 Å². The zero-order valence-corrected chi connectivity index (χ0v) is 26.0. The van der Waals surface area contributed by atoms with E-state index in [0.29, 0.717) is 25.7 Å². The molecular weight excluding hydrogens is 628 g/mol. The largest absolute Gasteiger partial charge is 0.352 e. The predicted molar refractivity (Wildman–Crippen MR) is 164 cm³/mol. The van der Waals surface area contributed by atoms with Crippen molar-refractivity contribution in [1.82, 2.24) is 10.2 Å². The Balaban J connectivity index is 1.70. The fourth-order valence-corrected chi connectivity index (χ4v) is 6.74. The number of carbonyl (C=O) groups is 2. The SMILES string of the molecule is C[C@H](C(=O)NC1CCCC1)N(Cc1ccc(Cl)c(Cl)c1)C(=O)CN(c1cccc(Cl)c1)S(=O)(=O)c1ccc(Cl)cc1. The van der Waals surface area contributed by atoms with Crippen LogP contribution in [0, 0.1) is 0 Å². The summed E-state index contributed by atoms with van der Waals surface area (Å²) in [6.45, 7) is 1.03. The lowest BCUT2D eigenvalue weighted by Gasteiger charge is -2.32. The minimum absolute atomic E-state index is 0.000641. The summed E-state index contributed by atoms with van der Waals surface area (Å²) in [5, 5.41) is 4.34. The van der Waals surface area contributed by atoms with Crippen LogP contribution in [0.15, 0.2) is 71.6 Å². The quantitative estimate of drug-likeness (QED) is 0.255. The van der Waals surface area contributed by atoms with Gasteiger partial charge in [-0.3, -0.25) is 13.9 Å². The van der Waals surface area contributed by atoms with Crippen LogP contribution in [0.1, 0.15) is 38.2 Å². The van der Waals surface area contributed by atoms with Crippen molar-refractivity contribution in [2.45, 2.75) is 56.1 Å². The zero-order chi connectivity index (χ0) is 29.7. The van der Waals surface area contributed by atoms with Crippen LogP contribution in [0.2, 0.25) is 20.1 Å². The number of nitrogens with zero attached hydrogens (tertiary/aromatic N) is 2. The highest BCUT2D eigenvalue weighted by Crippen LogP contribution is 2.28. The van der Waals surface area contributed by atoms with Gasteiger partial charge in [0.25, 0.3) is 10.0 Å². The van der Waals surface area contributed by atoms with Crippen LogP contribution < -0.4 is 9.62 Å². The lowest BCUT2D eigenvalue weighted by Crippen LogP contribution is -2.52. The molecule has 0 saturated heterocycles. The van der Waals surface area contributed by atoms with E-state index in [1.54, 1.807) is 43.3 Å². The van der Waals surface area contributed by atoms with E-state index in [0.717, 1.165) is 30.0 Å². The second-order valence-corrected chi connectivity index (χ2v) is 13.4. The molecule has 7 nitrogen and oxygen atoms in total. The molecule has 1 aliphatic carbocycles. The number of halogens is 4. The maximum atomic E-state index is 14.0. The molecule has 0 heterocycles. The molecule has 0 bridgehead atoms.